The third kappa shape index (κ3) is 4.38. The number of hydrogen-bond acceptors (Lipinski definition) is 3. The van der Waals surface area contributed by atoms with Gasteiger partial charge in [0.25, 0.3) is 11.8 Å². The summed E-state index contributed by atoms with van der Waals surface area (Å²) in [5.41, 5.74) is 1.66. The average molecular weight is 579 g/mol. The zero-order valence-electron chi connectivity index (χ0n) is 20.4. The summed E-state index contributed by atoms with van der Waals surface area (Å²) in [4.78, 5) is 32.4. The van der Waals surface area contributed by atoms with Crippen molar-refractivity contribution in [3.8, 4) is 0 Å². The molecule has 0 atom stereocenters. The number of amides is 2. The van der Waals surface area contributed by atoms with E-state index in [2.05, 4.69) is 72.8 Å². The van der Waals surface area contributed by atoms with Crippen molar-refractivity contribution >= 4 is 40.8 Å². The molecule has 6 heteroatoms. The number of anilines is 1. The third-order valence-corrected chi connectivity index (χ3v) is 11.1. The van der Waals surface area contributed by atoms with Gasteiger partial charge in [-0.25, -0.2) is 9.88 Å². The molecule has 0 N–H and O–H groups in total. The number of halogens is 1. The van der Waals surface area contributed by atoms with E-state index in [9.17, 15) is 9.59 Å². The number of imide groups is 1. The molecule has 2 amide bonds. The molecule has 0 saturated heterocycles. The van der Waals surface area contributed by atoms with Crippen LogP contribution in [0.2, 0.25) is 0 Å². The first-order chi connectivity index (χ1) is 18.2. The van der Waals surface area contributed by atoms with Crippen LogP contribution in [0.3, 0.4) is 0 Å². The molecule has 186 valence electrons. The number of pyridine rings is 1. The van der Waals surface area contributed by atoms with Crippen molar-refractivity contribution in [1.82, 2.24) is 4.98 Å². The maximum atomic E-state index is 13.1. The fourth-order valence-corrected chi connectivity index (χ4v) is 9.24. The third-order valence-electron chi connectivity index (χ3n) is 6.81. The Morgan fingerprint density at radius 2 is 0.947 bits per heavy atom. The van der Waals surface area contributed by atoms with E-state index < -0.39 is 7.26 Å². The molecule has 0 aliphatic carbocycles. The molecule has 1 aliphatic heterocycles. The molecule has 0 spiro atoms. The van der Waals surface area contributed by atoms with Crippen LogP contribution in [-0.2, 0) is 6.16 Å². The SMILES string of the molecule is O=C1c2ccccc2C(=O)N1c1cccc(C[P+](c2ccccc2)(c2ccccc2)c2ccccc2)n1.[Br-]. The number of rotatable bonds is 6. The van der Waals surface area contributed by atoms with Gasteiger partial charge in [0, 0.05) is 0 Å². The average Bonchev–Trinajstić information content (AvgIpc) is 3.23. The molecule has 0 saturated carbocycles. The molecule has 2 heterocycles. The van der Waals surface area contributed by atoms with Crippen LogP contribution in [0.5, 0.6) is 0 Å². The van der Waals surface area contributed by atoms with Gasteiger partial charge >= 0.3 is 0 Å². The predicted octanol–water partition coefficient (Wildman–Crippen LogP) is 2.38. The number of fused-ring (bicyclic) bond motifs is 1. The first kappa shape index (κ1) is 25.7. The Morgan fingerprint density at radius 1 is 0.526 bits per heavy atom. The van der Waals surface area contributed by atoms with E-state index in [1.807, 2.05) is 30.3 Å². The molecular formula is C32H24BrN2O2P. The summed E-state index contributed by atoms with van der Waals surface area (Å²) in [6, 6.07) is 44.3. The van der Waals surface area contributed by atoms with Crippen LogP contribution < -0.4 is 37.8 Å². The van der Waals surface area contributed by atoms with E-state index in [0.29, 0.717) is 23.1 Å². The molecule has 38 heavy (non-hydrogen) atoms. The van der Waals surface area contributed by atoms with Crippen molar-refractivity contribution in [1.29, 1.82) is 0 Å². The monoisotopic (exact) mass is 578 g/mol. The minimum Gasteiger partial charge on any atom is -1.00 e. The summed E-state index contributed by atoms with van der Waals surface area (Å²) in [6.07, 6.45) is 0.655. The number of carbonyl (C=O) groups excluding carboxylic acids is 2. The van der Waals surface area contributed by atoms with Crippen molar-refractivity contribution in [3.05, 3.63) is 150 Å². The summed E-state index contributed by atoms with van der Waals surface area (Å²) in [6.45, 7) is 0. The van der Waals surface area contributed by atoms with Crippen LogP contribution in [0, 0.1) is 0 Å². The lowest BCUT2D eigenvalue weighted by atomic mass is 10.1. The van der Waals surface area contributed by atoms with E-state index in [-0.39, 0.29) is 28.8 Å². The molecule has 0 bridgehead atoms. The maximum Gasteiger partial charge on any atom is 0.267 e. The number of aromatic nitrogens is 1. The van der Waals surface area contributed by atoms with E-state index >= 15 is 0 Å². The molecule has 5 aromatic rings. The summed E-state index contributed by atoms with van der Waals surface area (Å²) in [7, 11) is -2.17. The molecule has 0 radical (unpaired) electrons. The highest BCUT2D eigenvalue weighted by Gasteiger charge is 2.46. The molecular weight excluding hydrogens is 555 g/mol. The Hall–Kier alpha value is -3.92. The van der Waals surface area contributed by atoms with Gasteiger partial charge in [0.15, 0.2) is 0 Å². The Labute approximate surface area is 233 Å². The fourth-order valence-electron chi connectivity index (χ4n) is 5.09. The number of carbonyl (C=O) groups is 2. The zero-order valence-corrected chi connectivity index (χ0v) is 22.9. The lowest BCUT2D eigenvalue weighted by Crippen LogP contribution is -3.00. The van der Waals surface area contributed by atoms with Crippen LogP contribution >= 0.6 is 7.26 Å². The van der Waals surface area contributed by atoms with Gasteiger partial charge in [-0.3, -0.25) is 9.59 Å². The molecule has 0 fully saturated rings. The Kier molecular flexibility index (Phi) is 7.33. The molecule has 1 aliphatic rings. The summed E-state index contributed by atoms with van der Waals surface area (Å²) in [5.74, 6) is -0.308. The topological polar surface area (TPSA) is 50.3 Å². The van der Waals surface area contributed by atoms with Gasteiger partial charge in [0.1, 0.15) is 35.2 Å². The molecule has 4 aromatic carbocycles. The van der Waals surface area contributed by atoms with Crippen LogP contribution in [0.15, 0.2) is 133 Å². The van der Waals surface area contributed by atoms with Crippen molar-refractivity contribution in [2.45, 2.75) is 6.16 Å². The van der Waals surface area contributed by atoms with Gasteiger partial charge in [0.05, 0.1) is 16.8 Å². The summed E-state index contributed by atoms with van der Waals surface area (Å²) >= 11 is 0. The van der Waals surface area contributed by atoms with Crippen LogP contribution in [-0.4, -0.2) is 16.8 Å². The van der Waals surface area contributed by atoms with Crippen molar-refractivity contribution in [2.24, 2.45) is 0 Å². The van der Waals surface area contributed by atoms with Crippen molar-refractivity contribution < 1.29 is 26.6 Å². The number of benzene rings is 4. The zero-order chi connectivity index (χ0) is 25.2. The lowest BCUT2D eigenvalue weighted by molar-refractivity contribution is -0.0000239. The highest BCUT2D eigenvalue weighted by atomic mass is 79.9. The smallest absolute Gasteiger partial charge is 0.267 e. The normalized spacial score (nSPS) is 12.7. The first-order valence-electron chi connectivity index (χ1n) is 12.2. The second-order valence-corrected chi connectivity index (χ2v) is 12.4. The molecule has 0 unspecified atom stereocenters. The van der Waals surface area contributed by atoms with Crippen LogP contribution in [0.1, 0.15) is 26.4 Å². The Morgan fingerprint density at radius 3 is 1.39 bits per heavy atom. The van der Waals surface area contributed by atoms with Gasteiger partial charge in [-0.1, -0.05) is 72.8 Å². The van der Waals surface area contributed by atoms with Crippen LogP contribution in [0.25, 0.3) is 0 Å². The van der Waals surface area contributed by atoms with E-state index in [1.54, 1.807) is 30.3 Å². The summed E-state index contributed by atoms with van der Waals surface area (Å²) < 4.78 is 0. The quantitative estimate of drug-likeness (QED) is 0.230. The Balaban J connectivity index is 0.00000294. The first-order valence-corrected chi connectivity index (χ1v) is 14.1. The number of hydrogen-bond donors (Lipinski definition) is 0. The summed E-state index contributed by atoms with van der Waals surface area (Å²) in [5, 5.41) is 3.75. The number of nitrogens with zero attached hydrogens (tertiary/aromatic N) is 2. The maximum absolute atomic E-state index is 13.1. The van der Waals surface area contributed by atoms with E-state index in [4.69, 9.17) is 4.98 Å². The second kappa shape index (κ2) is 10.8. The fraction of sp³-hybridized carbons (Fsp3) is 0.0312. The van der Waals surface area contributed by atoms with Gasteiger partial charge in [-0.15, -0.1) is 0 Å². The standard InChI is InChI=1S/C32H24N2O2P.BrH/c35-31-28-20-10-11-21-29(28)32(36)34(31)30-22-12-13-24(33-30)23-37(25-14-4-1-5-15-25,26-16-6-2-7-17-26)27-18-8-3-9-19-27;/h1-22H,23H2;1H/q+1;/p-1. The minimum atomic E-state index is -2.17. The van der Waals surface area contributed by atoms with Crippen LogP contribution in [0.4, 0.5) is 5.82 Å². The Bertz CT molecular complexity index is 1460. The molecule has 6 rings (SSSR count). The van der Waals surface area contributed by atoms with Gasteiger partial charge in [-0.2, -0.15) is 0 Å². The van der Waals surface area contributed by atoms with Gasteiger partial charge in [-0.05, 0) is 60.7 Å². The molecule has 4 nitrogen and oxygen atoms in total. The predicted molar refractivity (Wildman–Crippen MR) is 151 cm³/mol. The minimum absolute atomic E-state index is 0. The second-order valence-electron chi connectivity index (χ2n) is 8.95. The highest BCUT2D eigenvalue weighted by Crippen LogP contribution is 2.58. The van der Waals surface area contributed by atoms with Crippen molar-refractivity contribution in [2.75, 3.05) is 4.90 Å². The van der Waals surface area contributed by atoms with E-state index in [0.717, 1.165) is 5.69 Å². The van der Waals surface area contributed by atoms with Gasteiger partial charge < -0.3 is 17.0 Å². The van der Waals surface area contributed by atoms with Crippen molar-refractivity contribution in [3.63, 3.8) is 0 Å². The van der Waals surface area contributed by atoms with E-state index in [1.165, 1.54) is 20.8 Å². The van der Waals surface area contributed by atoms with Gasteiger partial charge in [0.2, 0.25) is 0 Å². The largest absolute Gasteiger partial charge is 1.00 e. The lowest BCUT2D eigenvalue weighted by Gasteiger charge is -2.27. The highest BCUT2D eigenvalue weighted by molar-refractivity contribution is 7.95. The molecule has 1 aromatic heterocycles.